The molecular formula is C17H20N2O. The van der Waals surface area contributed by atoms with Gasteiger partial charge in [-0.15, -0.1) is 0 Å². The Morgan fingerprint density at radius 3 is 2.25 bits per heavy atom. The third-order valence-electron chi connectivity index (χ3n) is 3.61. The van der Waals surface area contributed by atoms with Crippen molar-refractivity contribution in [2.75, 3.05) is 5.32 Å². The predicted octanol–water partition coefficient (Wildman–Crippen LogP) is 3.32. The zero-order chi connectivity index (χ0) is 14.7. The van der Waals surface area contributed by atoms with E-state index < -0.39 is 5.91 Å². The highest BCUT2D eigenvalue weighted by Crippen LogP contribution is 2.19. The van der Waals surface area contributed by atoms with Crippen LogP contribution in [0.5, 0.6) is 0 Å². The van der Waals surface area contributed by atoms with E-state index in [-0.39, 0.29) is 0 Å². The lowest BCUT2D eigenvalue weighted by atomic mass is 10.0. The lowest BCUT2D eigenvalue weighted by Gasteiger charge is -2.14. The molecule has 0 aliphatic heterocycles. The summed E-state index contributed by atoms with van der Waals surface area (Å²) in [6.45, 7) is 6.98. The number of carbonyl (C=O) groups is 1. The predicted molar refractivity (Wildman–Crippen MR) is 82.9 cm³/mol. The van der Waals surface area contributed by atoms with E-state index in [1.54, 1.807) is 6.07 Å². The fraction of sp³-hybridized carbons (Fsp3) is 0.235. The van der Waals surface area contributed by atoms with Gasteiger partial charge in [-0.2, -0.15) is 0 Å². The van der Waals surface area contributed by atoms with E-state index in [0.717, 1.165) is 17.8 Å². The summed E-state index contributed by atoms with van der Waals surface area (Å²) < 4.78 is 0. The van der Waals surface area contributed by atoms with Crippen molar-refractivity contribution < 1.29 is 4.79 Å². The van der Waals surface area contributed by atoms with Crippen molar-refractivity contribution in [2.45, 2.75) is 27.3 Å². The summed E-state index contributed by atoms with van der Waals surface area (Å²) in [4.78, 5) is 11.1. The molecule has 0 aliphatic carbocycles. The molecule has 104 valence electrons. The molecule has 0 saturated heterocycles. The molecule has 3 heteroatoms. The molecule has 2 rings (SSSR count). The third-order valence-corrected chi connectivity index (χ3v) is 3.61. The molecule has 2 aromatic carbocycles. The summed E-state index contributed by atoms with van der Waals surface area (Å²) in [5, 5.41) is 3.42. The topological polar surface area (TPSA) is 55.1 Å². The molecule has 0 radical (unpaired) electrons. The first-order valence-corrected chi connectivity index (χ1v) is 6.68. The zero-order valence-electron chi connectivity index (χ0n) is 12.2. The van der Waals surface area contributed by atoms with Crippen LogP contribution in [0.3, 0.4) is 0 Å². The molecule has 20 heavy (non-hydrogen) atoms. The number of anilines is 1. The number of primary amides is 1. The highest BCUT2D eigenvalue weighted by molar-refractivity contribution is 5.93. The standard InChI is InChI=1S/C17H20N2O/c1-11-5-4-6-12(2)15(11)10-19-16-8-7-14(17(18)20)9-13(16)3/h4-9,19H,10H2,1-3H3,(H2,18,20). The van der Waals surface area contributed by atoms with Crippen molar-refractivity contribution in [3.8, 4) is 0 Å². The minimum atomic E-state index is -0.394. The third kappa shape index (κ3) is 2.99. The smallest absolute Gasteiger partial charge is 0.248 e. The van der Waals surface area contributed by atoms with Gasteiger partial charge in [0.2, 0.25) is 5.91 Å². The summed E-state index contributed by atoms with van der Waals surface area (Å²) in [6, 6.07) is 11.8. The Bertz CT molecular complexity index is 627. The first kappa shape index (κ1) is 14.1. The lowest BCUT2D eigenvalue weighted by molar-refractivity contribution is 0.1000. The van der Waals surface area contributed by atoms with E-state index in [0.29, 0.717) is 5.56 Å². The normalized spacial score (nSPS) is 10.3. The van der Waals surface area contributed by atoms with Crippen molar-refractivity contribution in [3.63, 3.8) is 0 Å². The van der Waals surface area contributed by atoms with Crippen molar-refractivity contribution in [3.05, 3.63) is 64.2 Å². The second-order valence-corrected chi connectivity index (χ2v) is 5.12. The Morgan fingerprint density at radius 2 is 1.70 bits per heavy atom. The molecule has 2 aromatic rings. The maximum absolute atomic E-state index is 11.1. The second-order valence-electron chi connectivity index (χ2n) is 5.12. The summed E-state index contributed by atoms with van der Waals surface area (Å²) in [5.74, 6) is -0.394. The molecule has 0 atom stereocenters. The van der Waals surface area contributed by atoms with Crippen LogP contribution >= 0.6 is 0 Å². The molecule has 3 N–H and O–H groups in total. The first-order valence-electron chi connectivity index (χ1n) is 6.68. The molecule has 0 fully saturated rings. The van der Waals surface area contributed by atoms with Gasteiger partial charge in [0.25, 0.3) is 0 Å². The quantitative estimate of drug-likeness (QED) is 0.893. The minimum Gasteiger partial charge on any atom is -0.381 e. The van der Waals surface area contributed by atoms with Crippen LogP contribution in [-0.2, 0) is 6.54 Å². The SMILES string of the molecule is Cc1cc(C(N)=O)ccc1NCc1c(C)cccc1C. The average Bonchev–Trinajstić information content (AvgIpc) is 2.39. The second kappa shape index (κ2) is 5.78. The largest absolute Gasteiger partial charge is 0.381 e. The highest BCUT2D eigenvalue weighted by atomic mass is 16.1. The summed E-state index contributed by atoms with van der Waals surface area (Å²) in [7, 11) is 0. The van der Waals surface area contributed by atoms with Gasteiger partial charge >= 0.3 is 0 Å². The molecule has 0 aromatic heterocycles. The molecule has 1 amide bonds. The number of amides is 1. The molecule has 3 nitrogen and oxygen atoms in total. The van der Waals surface area contributed by atoms with Gasteiger partial charge in [-0.25, -0.2) is 0 Å². The zero-order valence-corrected chi connectivity index (χ0v) is 12.2. The Hall–Kier alpha value is -2.29. The van der Waals surface area contributed by atoms with Crippen molar-refractivity contribution >= 4 is 11.6 Å². The van der Waals surface area contributed by atoms with Gasteiger partial charge in [0.1, 0.15) is 0 Å². The Morgan fingerprint density at radius 1 is 1.05 bits per heavy atom. The number of hydrogen-bond donors (Lipinski definition) is 2. The summed E-state index contributed by atoms with van der Waals surface area (Å²) in [5.41, 5.74) is 11.7. The number of nitrogens with two attached hydrogens (primary N) is 1. The number of carbonyl (C=O) groups excluding carboxylic acids is 1. The number of hydrogen-bond acceptors (Lipinski definition) is 2. The molecule has 0 aliphatic rings. The van der Waals surface area contributed by atoms with Gasteiger partial charge < -0.3 is 11.1 Å². The number of benzene rings is 2. The summed E-state index contributed by atoms with van der Waals surface area (Å²) >= 11 is 0. The Balaban J connectivity index is 2.17. The number of aryl methyl sites for hydroxylation is 3. The summed E-state index contributed by atoms with van der Waals surface area (Å²) in [6.07, 6.45) is 0. The van der Waals surface area contributed by atoms with E-state index in [4.69, 9.17) is 5.73 Å². The van der Waals surface area contributed by atoms with Crippen LogP contribution in [0.4, 0.5) is 5.69 Å². The van der Waals surface area contributed by atoms with Crippen LogP contribution in [-0.4, -0.2) is 5.91 Å². The first-order chi connectivity index (χ1) is 9.49. The fourth-order valence-electron chi connectivity index (χ4n) is 2.33. The van der Waals surface area contributed by atoms with Crippen LogP contribution in [0.1, 0.15) is 32.6 Å². The lowest BCUT2D eigenvalue weighted by Crippen LogP contribution is -2.11. The Kier molecular flexibility index (Phi) is 4.08. The molecule has 0 heterocycles. The van der Waals surface area contributed by atoms with Gasteiger partial charge in [0.15, 0.2) is 0 Å². The monoisotopic (exact) mass is 268 g/mol. The number of rotatable bonds is 4. The number of nitrogens with one attached hydrogen (secondary N) is 1. The maximum atomic E-state index is 11.1. The van der Waals surface area contributed by atoms with E-state index in [9.17, 15) is 4.79 Å². The van der Waals surface area contributed by atoms with E-state index in [1.807, 2.05) is 19.1 Å². The molecule has 0 saturated carbocycles. The van der Waals surface area contributed by atoms with Crippen LogP contribution in [0, 0.1) is 20.8 Å². The molecule has 0 unspecified atom stereocenters. The van der Waals surface area contributed by atoms with E-state index >= 15 is 0 Å². The van der Waals surface area contributed by atoms with Crippen LogP contribution in [0.15, 0.2) is 36.4 Å². The van der Waals surface area contributed by atoms with Crippen LogP contribution < -0.4 is 11.1 Å². The van der Waals surface area contributed by atoms with E-state index in [2.05, 4.69) is 37.4 Å². The van der Waals surface area contributed by atoms with Gasteiger partial charge in [0.05, 0.1) is 0 Å². The van der Waals surface area contributed by atoms with Crippen LogP contribution in [0.2, 0.25) is 0 Å². The van der Waals surface area contributed by atoms with Gasteiger partial charge in [-0.05, 0) is 61.2 Å². The maximum Gasteiger partial charge on any atom is 0.248 e. The van der Waals surface area contributed by atoms with Crippen molar-refractivity contribution in [2.24, 2.45) is 5.73 Å². The van der Waals surface area contributed by atoms with Crippen LogP contribution in [0.25, 0.3) is 0 Å². The minimum absolute atomic E-state index is 0.394. The molecule has 0 bridgehead atoms. The highest BCUT2D eigenvalue weighted by Gasteiger charge is 2.06. The molecular weight excluding hydrogens is 248 g/mol. The van der Waals surface area contributed by atoms with Gasteiger partial charge in [0, 0.05) is 17.8 Å². The fourth-order valence-corrected chi connectivity index (χ4v) is 2.33. The van der Waals surface area contributed by atoms with Crippen molar-refractivity contribution in [1.29, 1.82) is 0 Å². The van der Waals surface area contributed by atoms with Gasteiger partial charge in [-0.3, -0.25) is 4.79 Å². The average molecular weight is 268 g/mol. The van der Waals surface area contributed by atoms with Crippen molar-refractivity contribution in [1.82, 2.24) is 0 Å². The van der Waals surface area contributed by atoms with E-state index in [1.165, 1.54) is 16.7 Å². The van der Waals surface area contributed by atoms with Gasteiger partial charge in [-0.1, -0.05) is 18.2 Å². The Labute approximate surface area is 119 Å². The molecule has 0 spiro atoms.